The molecule has 0 radical (unpaired) electrons. The number of carbonyl (C=O) groups is 1. The van der Waals surface area contributed by atoms with Gasteiger partial charge in [-0.25, -0.2) is 4.98 Å². The number of pyridine rings is 1. The lowest BCUT2D eigenvalue weighted by Crippen LogP contribution is -2.47. The van der Waals surface area contributed by atoms with Crippen LogP contribution in [0, 0.1) is 6.92 Å². The Morgan fingerprint density at radius 3 is 2.39 bits per heavy atom. The molecule has 0 amide bonds. The number of ketones is 1. The van der Waals surface area contributed by atoms with E-state index in [1.165, 1.54) is 6.92 Å². The normalized spacial score (nSPS) is 14.2. The number of rotatable bonds is 8. The van der Waals surface area contributed by atoms with Crippen molar-refractivity contribution < 1.29 is 14.6 Å². The van der Waals surface area contributed by atoms with Crippen molar-refractivity contribution in [2.75, 3.05) is 49.5 Å². The fourth-order valence-electron chi connectivity index (χ4n) is 3.50. The minimum atomic E-state index is 0.0133. The lowest BCUT2D eigenvalue weighted by molar-refractivity contribution is 0.101. The van der Waals surface area contributed by atoms with Gasteiger partial charge in [0, 0.05) is 38.3 Å². The quantitative estimate of drug-likeness (QED) is 0.497. The number of ether oxygens (including phenoxy) is 1. The lowest BCUT2D eigenvalue weighted by atomic mass is 10.1. The van der Waals surface area contributed by atoms with Gasteiger partial charge in [0.05, 0.1) is 12.8 Å². The highest BCUT2D eigenvalue weighted by atomic mass is 16.5. The second kappa shape index (κ2) is 10.3. The van der Waals surface area contributed by atoms with E-state index in [1.807, 2.05) is 6.92 Å². The van der Waals surface area contributed by atoms with Crippen LogP contribution in [-0.4, -0.2) is 75.1 Å². The van der Waals surface area contributed by atoms with Crippen LogP contribution in [0.5, 0.6) is 11.5 Å². The summed E-state index contributed by atoms with van der Waals surface area (Å²) < 4.78 is 5.79. The first-order valence-corrected chi connectivity index (χ1v) is 10.8. The maximum Gasteiger partial charge on any atom is 0.233 e. The predicted molar refractivity (Wildman–Crippen MR) is 124 cm³/mol. The van der Waals surface area contributed by atoms with Gasteiger partial charge in [0.15, 0.2) is 5.78 Å². The van der Waals surface area contributed by atoms with Crippen molar-refractivity contribution in [3.05, 3.63) is 54.0 Å². The molecule has 10 nitrogen and oxygen atoms in total. The number of hydrogen-bond donors (Lipinski definition) is 2. The van der Waals surface area contributed by atoms with Crippen LogP contribution >= 0.6 is 0 Å². The molecular formula is C23H27N7O3. The Balaban J connectivity index is 1.39. The highest BCUT2D eigenvalue weighted by Gasteiger charge is 2.19. The van der Waals surface area contributed by atoms with Crippen LogP contribution in [0.3, 0.4) is 0 Å². The molecule has 1 aliphatic rings. The number of Topliss-reactive ketones (excluding diaryl/α,β-unsaturated/α-hetero) is 1. The summed E-state index contributed by atoms with van der Waals surface area (Å²) in [6.07, 6.45) is 1.61. The molecule has 172 valence electrons. The number of nitrogens with one attached hydrogen (secondary N) is 1. The van der Waals surface area contributed by atoms with E-state index >= 15 is 0 Å². The average Bonchev–Trinajstić information content (AvgIpc) is 2.81. The van der Waals surface area contributed by atoms with Gasteiger partial charge in [-0.15, -0.1) is 0 Å². The number of piperazine rings is 1. The first-order valence-electron chi connectivity index (χ1n) is 10.8. The summed E-state index contributed by atoms with van der Waals surface area (Å²) >= 11 is 0. The Labute approximate surface area is 192 Å². The molecule has 1 saturated heterocycles. The molecule has 0 saturated carbocycles. The predicted octanol–water partition coefficient (Wildman–Crippen LogP) is 2.43. The van der Waals surface area contributed by atoms with Gasteiger partial charge >= 0.3 is 0 Å². The van der Waals surface area contributed by atoms with E-state index in [9.17, 15) is 4.79 Å². The zero-order chi connectivity index (χ0) is 23.2. The van der Waals surface area contributed by atoms with E-state index in [4.69, 9.17) is 9.84 Å². The van der Waals surface area contributed by atoms with Gasteiger partial charge < -0.3 is 20.1 Å². The van der Waals surface area contributed by atoms with Gasteiger partial charge in [0.2, 0.25) is 11.9 Å². The maximum atomic E-state index is 11.4. The number of nitrogens with zero attached hydrogens (tertiary/aromatic N) is 6. The maximum absolute atomic E-state index is 11.4. The van der Waals surface area contributed by atoms with E-state index < -0.39 is 0 Å². The van der Waals surface area contributed by atoms with Crippen LogP contribution in [0.1, 0.15) is 23.1 Å². The summed E-state index contributed by atoms with van der Waals surface area (Å²) in [7, 11) is 0. The Morgan fingerprint density at radius 1 is 1.03 bits per heavy atom. The first-order chi connectivity index (χ1) is 16.0. The fourth-order valence-corrected chi connectivity index (χ4v) is 3.50. The standard InChI is InChI=1S/C23H27N7O3/c1-16(32)18-3-5-19(6-4-18)33-20-7-8-21(24-15-20)27-22-25-17(2)26-23(28-22)30-11-9-29(10-12-30)13-14-31/h3-8,15,31H,9-14H2,1-2H3,(H,24,25,26,27,28). The van der Waals surface area contributed by atoms with Crippen molar-refractivity contribution in [1.82, 2.24) is 24.8 Å². The number of aliphatic hydroxyl groups is 1. The fraction of sp³-hybridized carbons (Fsp3) is 0.348. The molecule has 0 aliphatic carbocycles. The molecule has 2 aromatic heterocycles. The molecule has 4 rings (SSSR count). The molecule has 2 N–H and O–H groups in total. The number of β-amino-alcohol motifs (C(OH)–C–C–N with tert-alkyl or cyclic N) is 1. The number of aryl methyl sites for hydroxylation is 1. The third-order valence-corrected chi connectivity index (χ3v) is 5.28. The molecule has 1 aromatic carbocycles. The number of benzene rings is 1. The van der Waals surface area contributed by atoms with Crippen LogP contribution in [0.2, 0.25) is 0 Å². The van der Waals surface area contributed by atoms with Gasteiger partial charge in [-0.3, -0.25) is 9.69 Å². The summed E-state index contributed by atoms with van der Waals surface area (Å²) in [6.45, 7) is 7.51. The highest BCUT2D eigenvalue weighted by molar-refractivity contribution is 5.94. The van der Waals surface area contributed by atoms with Crippen LogP contribution < -0.4 is 15.0 Å². The van der Waals surface area contributed by atoms with Crippen molar-refractivity contribution >= 4 is 23.5 Å². The third kappa shape index (κ3) is 5.99. The number of hydrogen-bond acceptors (Lipinski definition) is 10. The van der Waals surface area contributed by atoms with Crippen molar-refractivity contribution in [2.24, 2.45) is 0 Å². The van der Waals surface area contributed by atoms with Crippen LogP contribution in [-0.2, 0) is 0 Å². The molecule has 33 heavy (non-hydrogen) atoms. The Kier molecular flexibility index (Phi) is 7.06. The Morgan fingerprint density at radius 2 is 1.76 bits per heavy atom. The second-order valence-corrected chi connectivity index (χ2v) is 7.75. The lowest BCUT2D eigenvalue weighted by Gasteiger charge is -2.34. The summed E-state index contributed by atoms with van der Waals surface area (Å²) in [6, 6.07) is 10.5. The molecule has 0 bridgehead atoms. The number of carbonyl (C=O) groups excluding carboxylic acids is 1. The van der Waals surface area contributed by atoms with Crippen molar-refractivity contribution in [2.45, 2.75) is 13.8 Å². The SMILES string of the molecule is CC(=O)c1ccc(Oc2ccc(Nc3nc(C)nc(N4CCN(CCO)CC4)n3)nc2)cc1. The van der Waals surface area contributed by atoms with Gasteiger partial charge in [-0.2, -0.15) is 15.0 Å². The van der Waals surface area contributed by atoms with Gasteiger partial charge in [-0.1, -0.05) is 0 Å². The molecule has 0 atom stereocenters. The topological polar surface area (TPSA) is 117 Å². The van der Waals surface area contributed by atoms with Crippen molar-refractivity contribution in [3.63, 3.8) is 0 Å². The molecule has 0 spiro atoms. The smallest absolute Gasteiger partial charge is 0.233 e. The van der Waals surface area contributed by atoms with Crippen molar-refractivity contribution in [3.8, 4) is 11.5 Å². The largest absolute Gasteiger partial charge is 0.456 e. The monoisotopic (exact) mass is 449 g/mol. The average molecular weight is 450 g/mol. The van der Waals surface area contributed by atoms with E-state index in [1.54, 1.807) is 42.6 Å². The van der Waals surface area contributed by atoms with E-state index in [-0.39, 0.29) is 12.4 Å². The van der Waals surface area contributed by atoms with Crippen molar-refractivity contribution in [1.29, 1.82) is 0 Å². The minimum absolute atomic E-state index is 0.0133. The zero-order valence-corrected chi connectivity index (χ0v) is 18.7. The van der Waals surface area contributed by atoms with Crippen LogP contribution in [0.25, 0.3) is 0 Å². The van der Waals surface area contributed by atoms with E-state index in [2.05, 4.69) is 35.1 Å². The summed E-state index contributed by atoms with van der Waals surface area (Å²) in [5.41, 5.74) is 0.638. The summed E-state index contributed by atoms with van der Waals surface area (Å²) in [5.74, 6) is 3.47. The summed E-state index contributed by atoms with van der Waals surface area (Å²) in [4.78, 5) is 33.5. The van der Waals surface area contributed by atoms with E-state index in [0.717, 1.165) is 26.2 Å². The summed E-state index contributed by atoms with van der Waals surface area (Å²) in [5, 5.41) is 12.2. The second-order valence-electron chi connectivity index (χ2n) is 7.75. The number of anilines is 3. The third-order valence-electron chi connectivity index (χ3n) is 5.28. The molecule has 3 heterocycles. The molecular weight excluding hydrogens is 422 g/mol. The number of aromatic nitrogens is 4. The molecule has 1 fully saturated rings. The zero-order valence-electron chi connectivity index (χ0n) is 18.7. The number of aliphatic hydroxyl groups excluding tert-OH is 1. The molecule has 10 heteroatoms. The van der Waals surface area contributed by atoms with Crippen LogP contribution in [0.4, 0.5) is 17.7 Å². The van der Waals surface area contributed by atoms with Crippen LogP contribution in [0.15, 0.2) is 42.6 Å². The van der Waals surface area contributed by atoms with Gasteiger partial charge in [-0.05, 0) is 50.2 Å². The van der Waals surface area contributed by atoms with Gasteiger partial charge in [0.25, 0.3) is 0 Å². The Bertz CT molecular complexity index is 1080. The molecule has 1 aliphatic heterocycles. The molecule has 3 aromatic rings. The van der Waals surface area contributed by atoms with Gasteiger partial charge in [0.1, 0.15) is 23.1 Å². The minimum Gasteiger partial charge on any atom is -0.456 e. The highest BCUT2D eigenvalue weighted by Crippen LogP contribution is 2.23. The molecule has 0 unspecified atom stereocenters. The first kappa shape index (κ1) is 22.6. The van der Waals surface area contributed by atoms with E-state index in [0.29, 0.717) is 47.1 Å². The Hall–Kier alpha value is -3.63.